The summed E-state index contributed by atoms with van der Waals surface area (Å²) in [6.07, 6.45) is 0. The van der Waals surface area contributed by atoms with E-state index in [2.05, 4.69) is 15.3 Å². The van der Waals surface area contributed by atoms with Crippen molar-refractivity contribution in [3.63, 3.8) is 0 Å². The smallest absolute Gasteiger partial charge is 0.264 e. The fraction of sp³-hybridized carbons (Fsp3) is 0.130. The number of hydrogen-bond donors (Lipinski definition) is 2. The van der Waals surface area contributed by atoms with E-state index in [4.69, 9.17) is 0 Å². The molecule has 4 rings (SSSR count). The number of aromatic nitrogens is 2. The summed E-state index contributed by atoms with van der Waals surface area (Å²) < 4.78 is 26.9. The number of carbonyl (C=O) groups excluding carboxylic acids is 1. The number of hydrogen-bond acceptors (Lipinski definition) is 4. The number of benzene rings is 3. The van der Waals surface area contributed by atoms with Gasteiger partial charge in [0.05, 0.1) is 28.2 Å². The molecule has 0 atom stereocenters. The summed E-state index contributed by atoms with van der Waals surface area (Å²) in [6.45, 7) is 2.16. The quantitative estimate of drug-likeness (QED) is 0.484. The minimum absolute atomic E-state index is 0.216. The Kier molecular flexibility index (Phi) is 5.48. The third kappa shape index (κ3) is 4.29. The van der Waals surface area contributed by atoms with Gasteiger partial charge in [0.1, 0.15) is 5.82 Å². The zero-order valence-electron chi connectivity index (χ0n) is 17.2. The van der Waals surface area contributed by atoms with Gasteiger partial charge in [-0.2, -0.15) is 0 Å². The molecule has 0 unspecified atom stereocenters. The highest BCUT2D eigenvalue weighted by Crippen LogP contribution is 2.22. The van der Waals surface area contributed by atoms with Crippen LogP contribution >= 0.6 is 0 Å². The van der Waals surface area contributed by atoms with Crippen molar-refractivity contribution in [2.75, 3.05) is 11.4 Å². The molecule has 0 saturated heterocycles. The van der Waals surface area contributed by atoms with Crippen molar-refractivity contribution < 1.29 is 13.2 Å². The standard InChI is InChI=1S/C23H22N4O3S/c1-16-7-13-19(14-8-16)31(29,30)27(2)18-11-9-17(10-12-18)23(28)24-15-22-25-20-5-3-4-6-21(20)26-22/h3-14H,15H2,1-2H3,(H,24,28)(H,25,26). The van der Waals surface area contributed by atoms with Crippen molar-refractivity contribution in [3.8, 4) is 0 Å². The number of H-pyrrole nitrogens is 1. The van der Waals surface area contributed by atoms with Gasteiger partial charge in [-0.25, -0.2) is 13.4 Å². The number of aryl methyl sites for hydroxylation is 1. The number of amides is 1. The van der Waals surface area contributed by atoms with Gasteiger partial charge in [0, 0.05) is 12.6 Å². The fourth-order valence-electron chi connectivity index (χ4n) is 3.19. The molecular weight excluding hydrogens is 412 g/mol. The number of carbonyl (C=O) groups is 1. The van der Waals surface area contributed by atoms with Crippen molar-refractivity contribution in [1.82, 2.24) is 15.3 Å². The molecule has 1 amide bonds. The highest BCUT2D eigenvalue weighted by Gasteiger charge is 2.21. The van der Waals surface area contributed by atoms with Gasteiger partial charge >= 0.3 is 0 Å². The summed E-state index contributed by atoms with van der Waals surface area (Å²) in [5.41, 5.74) is 3.64. The van der Waals surface area contributed by atoms with Gasteiger partial charge in [0.2, 0.25) is 0 Å². The Labute approximate surface area is 180 Å². The molecule has 158 valence electrons. The molecule has 31 heavy (non-hydrogen) atoms. The van der Waals surface area contributed by atoms with E-state index >= 15 is 0 Å². The van der Waals surface area contributed by atoms with Gasteiger partial charge in [-0.3, -0.25) is 9.10 Å². The van der Waals surface area contributed by atoms with E-state index in [1.165, 1.54) is 11.4 Å². The molecule has 0 aliphatic heterocycles. The van der Waals surface area contributed by atoms with Crippen molar-refractivity contribution in [2.45, 2.75) is 18.4 Å². The Bertz CT molecular complexity index is 1290. The largest absolute Gasteiger partial charge is 0.345 e. The van der Waals surface area contributed by atoms with Crippen LogP contribution in [0, 0.1) is 6.92 Å². The maximum atomic E-state index is 12.8. The van der Waals surface area contributed by atoms with Crippen molar-refractivity contribution in [1.29, 1.82) is 0 Å². The van der Waals surface area contributed by atoms with Crippen LogP contribution in [-0.4, -0.2) is 31.3 Å². The van der Waals surface area contributed by atoms with Crippen LogP contribution in [0.15, 0.2) is 77.7 Å². The summed E-state index contributed by atoms with van der Waals surface area (Å²) in [5.74, 6) is 0.395. The second-order valence-electron chi connectivity index (χ2n) is 7.22. The summed E-state index contributed by atoms with van der Waals surface area (Å²) in [5, 5.41) is 2.82. The number of rotatable bonds is 6. The van der Waals surface area contributed by atoms with Crippen LogP contribution in [0.5, 0.6) is 0 Å². The maximum Gasteiger partial charge on any atom is 0.264 e. The van der Waals surface area contributed by atoms with E-state index < -0.39 is 10.0 Å². The van der Waals surface area contributed by atoms with E-state index in [1.54, 1.807) is 48.5 Å². The molecule has 1 aromatic heterocycles. The lowest BCUT2D eigenvalue weighted by Crippen LogP contribution is -2.27. The molecule has 0 aliphatic carbocycles. The molecule has 0 aliphatic rings. The molecule has 0 fully saturated rings. The summed E-state index contributed by atoms with van der Waals surface area (Å²) in [6, 6.07) is 20.8. The normalized spacial score (nSPS) is 11.4. The van der Waals surface area contributed by atoms with Gasteiger partial charge in [0.15, 0.2) is 0 Å². The first kappa shape index (κ1) is 20.6. The Morgan fingerprint density at radius 2 is 1.68 bits per heavy atom. The SMILES string of the molecule is Cc1ccc(S(=O)(=O)N(C)c2ccc(C(=O)NCc3nc4ccccc4[nH]3)cc2)cc1. The third-order valence-electron chi connectivity index (χ3n) is 5.03. The summed E-state index contributed by atoms with van der Waals surface area (Å²) >= 11 is 0. The number of imidazole rings is 1. The number of aromatic amines is 1. The van der Waals surface area contributed by atoms with Crippen LogP contribution < -0.4 is 9.62 Å². The Morgan fingerprint density at radius 3 is 2.35 bits per heavy atom. The lowest BCUT2D eigenvalue weighted by atomic mass is 10.2. The minimum Gasteiger partial charge on any atom is -0.345 e. The zero-order chi connectivity index (χ0) is 22.0. The van der Waals surface area contributed by atoms with E-state index in [0.717, 1.165) is 16.6 Å². The molecule has 4 aromatic rings. The maximum absolute atomic E-state index is 12.8. The number of nitrogens with one attached hydrogen (secondary N) is 2. The van der Waals surface area contributed by atoms with Crippen LogP contribution in [0.3, 0.4) is 0 Å². The number of fused-ring (bicyclic) bond motifs is 1. The van der Waals surface area contributed by atoms with Crippen molar-refractivity contribution in [2.24, 2.45) is 0 Å². The summed E-state index contributed by atoms with van der Waals surface area (Å²) in [4.78, 5) is 20.3. The predicted molar refractivity (Wildman–Crippen MR) is 120 cm³/mol. The second-order valence-corrected chi connectivity index (χ2v) is 9.19. The second kappa shape index (κ2) is 8.23. The van der Waals surface area contributed by atoms with E-state index in [0.29, 0.717) is 17.1 Å². The number of anilines is 1. The van der Waals surface area contributed by atoms with Crippen LogP contribution in [-0.2, 0) is 16.6 Å². The van der Waals surface area contributed by atoms with E-state index in [-0.39, 0.29) is 17.3 Å². The molecular formula is C23H22N4O3S. The predicted octanol–water partition coefficient (Wildman–Crippen LogP) is 3.63. The van der Waals surface area contributed by atoms with Gasteiger partial charge in [-0.15, -0.1) is 0 Å². The molecule has 1 heterocycles. The van der Waals surface area contributed by atoms with Crippen LogP contribution in [0.1, 0.15) is 21.7 Å². The zero-order valence-corrected chi connectivity index (χ0v) is 18.0. The fourth-order valence-corrected chi connectivity index (χ4v) is 4.38. The molecule has 3 aromatic carbocycles. The molecule has 0 saturated carbocycles. The Morgan fingerprint density at radius 1 is 1.00 bits per heavy atom. The molecule has 0 spiro atoms. The van der Waals surface area contributed by atoms with Crippen molar-refractivity contribution in [3.05, 3.63) is 89.7 Å². The highest BCUT2D eigenvalue weighted by molar-refractivity contribution is 7.92. The van der Waals surface area contributed by atoms with Gasteiger partial charge in [0.25, 0.3) is 15.9 Å². The monoisotopic (exact) mass is 434 g/mol. The lowest BCUT2D eigenvalue weighted by Gasteiger charge is -2.20. The molecule has 7 nitrogen and oxygen atoms in total. The van der Waals surface area contributed by atoms with Crippen LogP contribution in [0.2, 0.25) is 0 Å². The average molecular weight is 435 g/mol. The number of sulfonamides is 1. The first-order valence-electron chi connectivity index (χ1n) is 9.72. The Balaban J connectivity index is 1.44. The first-order valence-corrected chi connectivity index (χ1v) is 11.2. The number of nitrogens with zero attached hydrogens (tertiary/aromatic N) is 2. The highest BCUT2D eigenvalue weighted by atomic mass is 32.2. The minimum atomic E-state index is -3.68. The van der Waals surface area contributed by atoms with E-state index in [1.807, 2.05) is 31.2 Å². The topological polar surface area (TPSA) is 95.2 Å². The lowest BCUT2D eigenvalue weighted by molar-refractivity contribution is 0.0950. The van der Waals surface area contributed by atoms with Crippen LogP contribution in [0.25, 0.3) is 11.0 Å². The third-order valence-corrected chi connectivity index (χ3v) is 6.83. The van der Waals surface area contributed by atoms with Crippen molar-refractivity contribution >= 4 is 32.7 Å². The van der Waals surface area contributed by atoms with Gasteiger partial charge in [-0.1, -0.05) is 29.8 Å². The molecule has 0 radical (unpaired) electrons. The summed E-state index contributed by atoms with van der Waals surface area (Å²) in [7, 11) is -2.19. The molecule has 2 N–H and O–H groups in total. The first-order chi connectivity index (χ1) is 14.8. The van der Waals surface area contributed by atoms with Crippen LogP contribution in [0.4, 0.5) is 5.69 Å². The van der Waals surface area contributed by atoms with Gasteiger partial charge in [-0.05, 0) is 55.5 Å². The Hall–Kier alpha value is -3.65. The number of para-hydroxylation sites is 2. The van der Waals surface area contributed by atoms with Gasteiger partial charge < -0.3 is 10.3 Å². The average Bonchev–Trinajstić information content (AvgIpc) is 3.20. The molecule has 8 heteroatoms. The molecule has 0 bridgehead atoms. The van der Waals surface area contributed by atoms with E-state index in [9.17, 15) is 13.2 Å².